The Morgan fingerprint density at radius 2 is 1.90 bits per heavy atom. The summed E-state index contributed by atoms with van der Waals surface area (Å²) in [5.74, 6) is 0.615. The summed E-state index contributed by atoms with van der Waals surface area (Å²) in [6, 6.07) is 6.77. The summed E-state index contributed by atoms with van der Waals surface area (Å²) < 4.78 is 0. The van der Waals surface area contributed by atoms with E-state index in [4.69, 9.17) is 5.73 Å². The topological polar surface area (TPSA) is 26.0 Å². The summed E-state index contributed by atoms with van der Waals surface area (Å²) in [4.78, 5) is 0. The first kappa shape index (κ1) is 15.6. The zero-order chi connectivity index (χ0) is 15.0. The van der Waals surface area contributed by atoms with Gasteiger partial charge in [0.05, 0.1) is 0 Å². The molecule has 1 nitrogen and oxygen atoms in total. The average Bonchev–Trinajstić information content (AvgIpc) is 2.32. The minimum Gasteiger partial charge on any atom is -0.325 e. The van der Waals surface area contributed by atoms with Gasteiger partial charge in [-0.25, -0.2) is 0 Å². The van der Waals surface area contributed by atoms with E-state index in [1.54, 1.807) is 0 Å². The van der Waals surface area contributed by atoms with Crippen molar-refractivity contribution in [3.05, 3.63) is 34.9 Å². The monoisotopic (exact) mass is 273 g/mol. The van der Waals surface area contributed by atoms with Crippen LogP contribution in [0.5, 0.6) is 0 Å². The van der Waals surface area contributed by atoms with Gasteiger partial charge in [-0.15, -0.1) is 0 Å². The Morgan fingerprint density at radius 1 is 1.20 bits per heavy atom. The highest BCUT2D eigenvalue weighted by atomic mass is 14.8. The van der Waals surface area contributed by atoms with Crippen LogP contribution in [0.1, 0.15) is 63.1 Å². The van der Waals surface area contributed by atoms with Crippen LogP contribution >= 0.6 is 0 Å². The molecule has 1 aliphatic carbocycles. The van der Waals surface area contributed by atoms with Crippen LogP contribution in [0.25, 0.3) is 0 Å². The fourth-order valence-corrected chi connectivity index (χ4v) is 4.12. The van der Waals surface area contributed by atoms with Crippen molar-refractivity contribution in [2.75, 3.05) is 0 Å². The van der Waals surface area contributed by atoms with E-state index in [0.29, 0.717) is 11.3 Å². The first-order chi connectivity index (χ1) is 9.22. The third-order valence-electron chi connectivity index (χ3n) is 5.15. The Kier molecular flexibility index (Phi) is 4.30. The molecule has 1 aliphatic rings. The fraction of sp³-hybridized carbons (Fsp3) is 0.684. The van der Waals surface area contributed by atoms with Gasteiger partial charge in [0, 0.05) is 5.54 Å². The van der Waals surface area contributed by atoms with Crippen LogP contribution < -0.4 is 5.73 Å². The van der Waals surface area contributed by atoms with Gasteiger partial charge in [-0.1, -0.05) is 57.4 Å². The molecule has 0 radical (unpaired) electrons. The number of benzene rings is 1. The number of hydrogen-bond acceptors (Lipinski definition) is 1. The van der Waals surface area contributed by atoms with Crippen molar-refractivity contribution in [2.24, 2.45) is 17.1 Å². The van der Waals surface area contributed by atoms with Gasteiger partial charge >= 0.3 is 0 Å². The summed E-state index contributed by atoms with van der Waals surface area (Å²) in [6.07, 6.45) is 6.11. The maximum Gasteiger partial charge on any atom is 0.0228 e. The molecular weight excluding hydrogens is 242 g/mol. The Hall–Kier alpha value is -0.820. The van der Waals surface area contributed by atoms with Gasteiger partial charge in [0.15, 0.2) is 0 Å². The van der Waals surface area contributed by atoms with Crippen LogP contribution in [0, 0.1) is 25.2 Å². The molecule has 2 unspecified atom stereocenters. The molecule has 0 saturated heterocycles. The zero-order valence-electron chi connectivity index (χ0n) is 13.9. The number of hydrogen-bond donors (Lipinski definition) is 1. The van der Waals surface area contributed by atoms with Gasteiger partial charge in [-0.2, -0.15) is 0 Å². The molecule has 0 aliphatic heterocycles. The summed E-state index contributed by atoms with van der Waals surface area (Å²) >= 11 is 0. The maximum absolute atomic E-state index is 6.94. The molecule has 2 atom stereocenters. The molecule has 0 amide bonds. The molecule has 2 rings (SSSR count). The van der Waals surface area contributed by atoms with Crippen LogP contribution in [-0.4, -0.2) is 5.54 Å². The van der Waals surface area contributed by atoms with Crippen LogP contribution in [-0.2, 0) is 6.42 Å². The second-order valence-electron chi connectivity index (χ2n) is 8.00. The highest BCUT2D eigenvalue weighted by molar-refractivity contribution is 5.32. The van der Waals surface area contributed by atoms with Crippen molar-refractivity contribution in [1.29, 1.82) is 0 Å². The lowest BCUT2D eigenvalue weighted by atomic mass is 9.60. The maximum atomic E-state index is 6.94. The van der Waals surface area contributed by atoms with Crippen LogP contribution in [0.3, 0.4) is 0 Å². The van der Waals surface area contributed by atoms with Crippen molar-refractivity contribution in [3.63, 3.8) is 0 Å². The van der Waals surface area contributed by atoms with Crippen molar-refractivity contribution >= 4 is 0 Å². The normalized spacial score (nSPS) is 27.6. The predicted molar refractivity (Wildman–Crippen MR) is 88.0 cm³/mol. The number of aryl methyl sites for hydroxylation is 2. The zero-order valence-corrected chi connectivity index (χ0v) is 13.9. The first-order valence-corrected chi connectivity index (χ1v) is 8.07. The van der Waals surface area contributed by atoms with Crippen molar-refractivity contribution < 1.29 is 0 Å². The molecule has 1 fully saturated rings. The van der Waals surface area contributed by atoms with Gasteiger partial charge < -0.3 is 5.73 Å². The first-order valence-electron chi connectivity index (χ1n) is 8.07. The van der Waals surface area contributed by atoms with Gasteiger partial charge in [0.1, 0.15) is 0 Å². The largest absolute Gasteiger partial charge is 0.325 e. The predicted octanol–water partition coefficient (Wildman–Crippen LogP) is 4.78. The SMILES string of the molecule is Cc1ccc(C)c(CC2(N)CCCCC2C(C)(C)C)c1. The van der Waals surface area contributed by atoms with E-state index in [1.807, 2.05) is 0 Å². The van der Waals surface area contributed by atoms with Crippen molar-refractivity contribution in [2.45, 2.75) is 72.3 Å². The van der Waals surface area contributed by atoms with E-state index in [0.717, 1.165) is 6.42 Å². The molecule has 1 saturated carbocycles. The number of rotatable bonds is 2. The van der Waals surface area contributed by atoms with E-state index < -0.39 is 0 Å². The minimum atomic E-state index is -0.0327. The molecule has 0 aromatic heterocycles. The fourth-order valence-electron chi connectivity index (χ4n) is 4.12. The van der Waals surface area contributed by atoms with Crippen LogP contribution in [0.4, 0.5) is 0 Å². The summed E-state index contributed by atoms with van der Waals surface area (Å²) in [7, 11) is 0. The van der Waals surface area contributed by atoms with Crippen molar-refractivity contribution in [1.82, 2.24) is 0 Å². The molecule has 1 heteroatoms. The minimum absolute atomic E-state index is 0.0327. The molecule has 0 heterocycles. The second kappa shape index (κ2) is 5.52. The molecule has 112 valence electrons. The molecule has 1 aromatic rings. The third-order valence-corrected chi connectivity index (χ3v) is 5.15. The van der Waals surface area contributed by atoms with E-state index in [2.05, 4.69) is 52.8 Å². The Labute approximate surface area is 125 Å². The molecule has 1 aromatic carbocycles. The van der Waals surface area contributed by atoms with E-state index in [-0.39, 0.29) is 5.54 Å². The molecule has 0 bridgehead atoms. The second-order valence-corrected chi connectivity index (χ2v) is 8.00. The third kappa shape index (κ3) is 3.25. The Morgan fingerprint density at radius 3 is 2.55 bits per heavy atom. The summed E-state index contributed by atoms with van der Waals surface area (Å²) in [6.45, 7) is 11.5. The highest BCUT2D eigenvalue weighted by Crippen LogP contribution is 2.44. The quantitative estimate of drug-likeness (QED) is 0.824. The molecule has 2 N–H and O–H groups in total. The lowest BCUT2D eigenvalue weighted by Crippen LogP contribution is -2.55. The molecular formula is C19H31N. The van der Waals surface area contributed by atoms with E-state index in [9.17, 15) is 0 Å². The molecule has 20 heavy (non-hydrogen) atoms. The lowest BCUT2D eigenvalue weighted by Gasteiger charge is -2.48. The van der Waals surface area contributed by atoms with Gasteiger partial charge in [0.2, 0.25) is 0 Å². The Bertz CT molecular complexity index is 469. The van der Waals surface area contributed by atoms with Crippen LogP contribution in [0.15, 0.2) is 18.2 Å². The molecule has 0 spiro atoms. The van der Waals surface area contributed by atoms with Crippen molar-refractivity contribution in [3.8, 4) is 0 Å². The summed E-state index contributed by atoms with van der Waals surface area (Å²) in [5, 5.41) is 0. The summed E-state index contributed by atoms with van der Waals surface area (Å²) in [5.41, 5.74) is 11.4. The highest BCUT2D eigenvalue weighted by Gasteiger charge is 2.43. The smallest absolute Gasteiger partial charge is 0.0228 e. The average molecular weight is 273 g/mol. The van der Waals surface area contributed by atoms with E-state index in [1.165, 1.54) is 42.4 Å². The number of nitrogens with two attached hydrogens (primary N) is 1. The van der Waals surface area contributed by atoms with Gasteiger partial charge in [-0.05, 0) is 55.6 Å². The standard InChI is InChI=1S/C19H31N/c1-14-9-10-15(2)16(12-14)13-19(20)11-7-6-8-17(19)18(3,4)5/h9-10,12,17H,6-8,11,13,20H2,1-5H3. The van der Waals surface area contributed by atoms with Gasteiger partial charge in [0.25, 0.3) is 0 Å². The van der Waals surface area contributed by atoms with Crippen LogP contribution in [0.2, 0.25) is 0 Å². The van der Waals surface area contributed by atoms with Gasteiger partial charge in [-0.3, -0.25) is 0 Å². The van der Waals surface area contributed by atoms with E-state index >= 15 is 0 Å². The lowest BCUT2D eigenvalue weighted by molar-refractivity contribution is 0.0792. The Balaban J connectivity index is 2.30.